The molecule has 3 N–H and O–H groups in total. The number of thioether (sulfide) groups is 2. The molecule has 2 rings (SSSR count). The monoisotopic (exact) mass is 398 g/mol. The maximum atomic E-state index is 12.1. The van der Waals surface area contributed by atoms with E-state index in [0.29, 0.717) is 15.2 Å². The zero-order valence-corrected chi connectivity index (χ0v) is 16.0. The summed E-state index contributed by atoms with van der Waals surface area (Å²) in [5, 5.41) is 10.6. The van der Waals surface area contributed by atoms with Crippen LogP contribution in [0.2, 0.25) is 0 Å². The number of amides is 1. The number of hydrogen-bond donors (Lipinski definition) is 2. The van der Waals surface area contributed by atoms with Crippen molar-refractivity contribution in [3.8, 4) is 0 Å². The van der Waals surface area contributed by atoms with Crippen LogP contribution in [0.5, 0.6) is 0 Å². The molecule has 1 unspecified atom stereocenters. The number of carbonyl (C=O) groups excluding carboxylic acids is 2. The molecule has 0 saturated heterocycles. The number of ether oxygens (including phenoxy) is 1. The van der Waals surface area contributed by atoms with Crippen molar-refractivity contribution in [2.75, 3.05) is 24.3 Å². The quantitative estimate of drug-likeness (QED) is 0.486. The summed E-state index contributed by atoms with van der Waals surface area (Å²) < 4.78 is 5.38. The van der Waals surface area contributed by atoms with Gasteiger partial charge in [-0.05, 0) is 5.56 Å². The second kappa shape index (κ2) is 10.3. The van der Waals surface area contributed by atoms with Crippen LogP contribution in [0, 0.1) is 0 Å². The molecule has 1 atom stereocenters. The van der Waals surface area contributed by atoms with Crippen LogP contribution in [0.3, 0.4) is 0 Å². The van der Waals surface area contributed by atoms with E-state index in [1.165, 1.54) is 30.2 Å². The maximum absolute atomic E-state index is 12.1. The number of methoxy groups -OCH3 is 1. The number of aromatic nitrogens is 2. The molecule has 0 aliphatic heterocycles. The van der Waals surface area contributed by atoms with Crippen LogP contribution in [-0.4, -0.2) is 46.7 Å². The summed E-state index contributed by atoms with van der Waals surface area (Å²) in [6.45, 7) is 0. The lowest BCUT2D eigenvalue weighted by atomic mass is 10.2. The topological polar surface area (TPSA) is 107 Å². The highest BCUT2D eigenvalue weighted by Gasteiger charge is 2.21. The standard InChI is InChI=1S/C15H18N4O3S3/c1-22-13(21)11(8-23-7-10-5-3-2-4-6-10)17-12(20)9-24-15-19-18-14(16)25-15/h2-6,11H,7-9H2,1H3,(H2,16,18)(H,17,20). The number of carbonyl (C=O) groups is 2. The number of anilines is 1. The molecular weight excluding hydrogens is 380 g/mol. The van der Waals surface area contributed by atoms with Crippen molar-refractivity contribution in [3.05, 3.63) is 35.9 Å². The fraction of sp³-hybridized carbons (Fsp3) is 0.333. The minimum atomic E-state index is -0.689. The van der Waals surface area contributed by atoms with Crippen molar-refractivity contribution in [2.24, 2.45) is 0 Å². The minimum Gasteiger partial charge on any atom is -0.467 e. The zero-order chi connectivity index (χ0) is 18.1. The van der Waals surface area contributed by atoms with Gasteiger partial charge in [-0.25, -0.2) is 4.79 Å². The SMILES string of the molecule is COC(=O)C(CSCc1ccccc1)NC(=O)CSc1nnc(N)s1. The van der Waals surface area contributed by atoms with Gasteiger partial charge in [-0.3, -0.25) is 4.79 Å². The van der Waals surface area contributed by atoms with E-state index < -0.39 is 12.0 Å². The molecule has 25 heavy (non-hydrogen) atoms. The molecule has 134 valence electrons. The molecular formula is C15H18N4O3S3. The van der Waals surface area contributed by atoms with Gasteiger partial charge in [0.1, 0.15) is 6.04 Å². The summed E-state index contributed by atoms with van der Waals surface area (Å²) in [6, 6.07) is 9.23. The Morgan fingerprint density at radius 1 is 1.32 bits per heavy atom. The number of rotatable bonds is 9. The van der Waals surface area contributed by atoms with E-state index >= 15 is 0 Å². The number of benzene rings is 1. The summed E-state index contributed by atoms with van der Waals surface area (Å²) in [5.74, 6) is 0.589. The van der Waals surface area contributed by atoms with Crippen molar-refractivity contribution in [2.45, 2.75) is 16.1 Å². The average molecular weight is 399 g/mol. The molecule has 0 fully saturated rings. The van der Waals surface area contributed by atoms with Gasteiger partial charge in [-0.2, -0.15) is 11.8 Å². The molecule has 2 aromatic rings. The first kappa shape index (κ1) is 19.5. The number of nitrogens with two attached hydrogens (primary N) is 1. The van der Waals surface area contributed by atoms with Gasteiger partial charge in [-0.15, -0.1) is 10.2 Å². The smallest absolute Gasteiger partial charge is 0.329 e. The third kappa shape index (κ3) is 6.92. The van der Waals surface area contributed by atoms with Crippen LogP contribution in [-0.2, 0) is 20.1 Å². The third-order valence-corrected chi connectivity index (χ3v) is 5.96. The number of nitrogens with zero attached hydrogens (tertiary/aromatic N) is 2. The molecule has 0 aliphatic carbocycles. The van der Waals surface area contributed by atoms with Crippen molar-refractivity contribution in [3.63, 3.8) is 0 Å². The Bertz CT molecular complexity index is 696. The molecule has 0 saturated carbocycles. The van der Waals surface area contributed by atoms with E-state index in [-0.39, 0.29) is 11.7 Å². The average Bonchev–Trinajstić information content (AvgIpc) is 3.04. The van der Waals surface area contributed by atoms with E-state index in [9.17, 15) is 9.59 Å². The summed E-state index contributed by atoms with van der Waals surface area (Å²) in [5.41, 5.74) is 6.65. The molecule has 1 aromatic carbocycles. The summed E-state index contributed by atoms with van der Waals surface area (Å²) in [7, 11) is 1.31. The van der Waals surface area contributed by atoms with Crippen LogP contribution in [0.15, 0.2) is 34.7 Å². The van der Waals surface area contributed by atoms with Crippen LogP contribution in [0.1, 0.15) is 5.56 Å². The van der Waals surface area contributed by atoms with Crippen LogP contribution < -0.4 is 11.1 Å². The Morgan fingerprint density at radius 3 is 2.72 bits per heavy atom. The molecule has 0 aliphatic rings. The molecule has 0 bridgehead atoms. The molecule has 1 amide bonds. The predicted octanol–water partition coefficient (Wildman–Crippen LogP) is 1.80. The van der Waals surface area contributed by atoms with Gasteiger partial charge < -0.3 is 15.8 Å². The van der Waals surface area contributed by atoms with Crippen molar-refractivity contribution in [1.82, 2.24) is 15.5 Å². The molecule has 7 nitrogen and oxygen atoms in total. The minimum absolute atomic E-state index is 0.130. The highest BCUT2D eigenvalue weighted by atomic mass is 32.2. The van der Waals surface area contributed by atoms with Crippen molar-refractivity contribution < 1.29 is 14.3 Å². The van der Waals surface area contributed by atoms with Gasteiger partial charge in [-0.1, -0.05) is 53.4 Å². The lowest BCUT2D eigenvalue weighted by molar-refractivity contribution is -0.144. The Labute approximate surface area is 158 Å². The highest BCUT2D eigenvalue weighted by Crippen LogP contribution is 2.23. The summed E-state index contributed by atoms with van der Waals surface area (Å²) in [4.78, 5) is 23.9. The van der Waals surface area contributed by atoms with E-state index in [1.807, 2.05) is 30.3 Å². The molecule has 0 radical (unpaired) electrons. The Hall–Kier alpha value is -1.78. The van der Waals surface area contributed by atoms with E-state index in [4.69, 9.17) is 10.5 Å². The van der Waals surface area contributed by atoms with Gasteiger partial charge in [0, 0.05) is 11.5 Å². The van der Waals surface area contributed by atoms with E-state index in [2.05, 4.69) is 15.5 Å². The maximum Gasteiger partial charge on any atom is 0.329 e. The Kier molecular flexibility index (Phi) is 8.02. The summed E-state index contributed by atoms with van der Waals surface area (Å²) >= 11 is 4.00. The Morgan fingerprint density at radius 2 is 2.08 bits per heavy atom. The second-order valence-electron chi connectivity index (χ2n) is 4.84. The highest BCUT2D eigenvalue weighted by molar-refractivity contribution is 8.01. The van der Waals surface area contributed by atoms with Crippen molar-refractivity contribution in [1.29, 1.82) is 0 Å². The molecule has 0 spiro atoms. The molecule has 1 aromatic heterocycles. The number of nitrogen functional groups attached to an aromatic ring is 1. The number of nitrogens with one attached hydrogen (secondary N) is 1. The Balaban J connectivity index is 1.80. The fourth-order valence-electron chi connectivity index (χ4n) is 1.82. The first-order chi connectivity index (χ1) is 12.1. The number of hydrogen-bond acceptors (Lipinski definition) is 9. The van der Waals surface area contributed by atoms with Crippen molar-refractivity contribution >= 4 is 51.9 Å². The van der Waals surface area contributed by atoms with Crippen LogP contribution in [0.4, 0.5) is 5.13 Å². The third-order valence-electron chi connectivity index (χ3n) is 2.97. The van der Waals surface area contributed by atoms with E-state index in [1.54, 1.807) is 11.8 Å². The second-order valence-corrected chi connectivity index (χ2v) is 8.10. The normalized spacial score (nSPS) is 11.7. The number of esters is 1. The summed E-state index contributed by atoms with van der Waals surface area (Å²) in [6.07, 6.45) is 0. The van der Waals surface area contributed by atoms with E-state index in [0.717, 1.165) is 11.3 Å². The van der Waals surface area contributed by atoms with Gasteiger partial charge in [0.2, 0.25) is 11.0 Å². The molecule has 10 heteroatoms. The lowest BCUT2D eigenvalue weighted by Crippen LogP contribution is -2.44. The van der Waals surface area contributed by atoms with Gasteiger partial charge in [0.15, 0.2) is 4.34 Å². The first-order valence-corrected chi connectivity index (χ1v) is 10.2. The van der Waals surface area contributed by atoms with Crippen LogP contribution in [0.25, 0.3) is 0 Å². The fourth-order valence-corrected chi connectivity index (χ4v) is 4.27. The largest absolute Gasteiger partial charge is 0.467 e. The van der Waals surface area contributed by atoms with Crippen LogP contribution >= 0.6 is 34.9 Å². The zero-order valence-electron chi connectivity index (χ0n) is 13.5. The van der Waals surface area contributed by atoms with Gasteiger partial charge in [0.05, 0.1) is 12.9 Å². The van der Waals surface area contributed by atoms with Gasteiger partial charge in [0.25, 0.3) is 0 Å². The van der Waals surface area contributed by atoms with Gasteiger partial charge >= 0.3 is 5.97 Å². The lowest BCUT2D eigenvalue weighted by Gasteiger charge is -2.16. The first-order valence-electron chi connectivity index (χ1n) is 7.29. The molecule has 1 heterocycles. The predicted molar refractivity (Wildman–Crippen MR) is 102 cm³/mol.